The Kier molecular flexibility index (Phi) is 4.71. The van der Waals surface area contributed by atoms with E-state index >= 15 is 0 Å². The maximum absolute atomic E-state index is 13.0. The Morgan fingerprint density at radius 1 is 1.27 bits per heavy atom. The highest BCUT2D eigenvalue weighted by Gasteiger charge is 2.28. The maximum Gasteiger partial charge on any atom is 0.254 e. The summed E-state index contributed by atoms with van der Waals surface area (Å²) in [5.74, 6) is 0.704. The summed E-state index contributed by atoms with van der Waals surface area (Å²) in [5, 5.41) is 1.96. The van der Waals surface area contributed by atoms with Crippen molar-refractivity contribution in [3.8, 4) is 5.75 Å². The van der Waals surface area contributed by atoms with E-state index in [0.29, 0.717) is 17.9 Å². The first-order chi connectivity index (χ1) is 12.7. The number of rotatable bonds is 5. The number of hydrogen-bond donors (Lipinski definition) is 0. The number of aromatic nitrogens is 1. The Labute approximate surface area is 157 Å². The minimum Gasteiger partial charge on any atom is -0.487 e. The van der Waals surface area contributed by atoms with E-state index in [0.717, 1.165) is 18.5 Å². The number of benzene rings is 2. The van der Waals surface area contributed by atoms with E-state index in [9.17, 15) is 4.79 Å². The summed E-state index contributed by atoms with van der Waals surface area (Å²) < 4.78 is 5.78. The minimum atomic E-state index is 0.0193. The lowest BCUT2D eigenvalue weighted by Crippen LogP contribution is -2.30. The predicted molar refractivity (Wildman–Crippen MR) is 102 cm³/mol. The van der Waals surface area contributed by atoms with Crippen molar-refractivity contribution in [1.82, 2.24) is 9.88 Å². The van der Waals surface area contributed by atoms with E-state index in [-0.39, 0.29) is 11.9 Å². The maximum atomic E-state index is 13.0. The van der Waals surface area contributed by atoms with Crippen LogP contribution in [0.4, 0.5) is 0 Å². The van der Waals surface area contributed by atoms with Gasteiger partial charge in [-0.25, -0.2) is 4.98 Å². The van der Waals surface area contributed by atoms with Gasteiger partial charge in [-0.15, -0.1) is 11.3 Å². The van der Waals surface area contributed by atoms with Gasteiger partial charge in [-0.05, 0) is 42.2 Å². The molecule has 1 amide bonds. The number of amides is 1. The summed E-state index contributed by atoms with van der Waals surface area (Å²) in [7, 11) is 1.89. The molecule has 0 saturated heterocycles. The quantitative estimate of drug-likeness (QED) is 0.670. The van der Waals surface area contributed by atoms with Crippen LogP contribution in [-0.2, 0) is 13.0 Å². The third kappa shape index (κ3) is 3.35. The van der Waals surface area contributed by atoms with Crippen molar-refractivity contribution >= 4 is 17.2 Å². The second kappa shape index (κ2) is 7.30. The van der Waals surface area contributed by atoms with Crippen LogP contribution in [0.15, 0.2) is 59.4 Å². The van der Waals surface area contributed by atoms with E-state index in [1.807, 2.05) is 47.7 Å². The van der Waals surface area contributed by atoms with Crippen molar-refractivity contribution in [2.75, 3.05) is 7.05 Å². The summed E-state index contributed by atoms with van der Waals surface area (Å²) in [6, 6.07) is 15.9. The largest absolute Gasteiger partial charge is 0.487 e. The molecule has 0 aliphatic heterocycles. The third-order valence-corrected chi connectivity index (χ3v) is 5.48. The van der Waals surface area contributed by atoms with Crippen LogP contribution in [0, 0.1) is 0 Å². The SMILES string of the molecule is CN(C(=O)c1cccc(OCc2cscn2)c1)C1CCc2ccccc21. The van der Waals surface area contributed by atoms with E-state index in [1.165, 1.54) is 11.1 Å². The third-order valence-electron chi connectivity index (χ3n) is 4.84. The number of carbonyl (C=O) groups is 1. The molecule has 0 fully saturated rings. The lowest BCUT2D eigenvalue weighted by Gasteiger charge is -2.25. The summed E-state index contributed by atoms with van der Waals surface area (Å²) >= 11 is 1.54. The van der Waals surface area contributed by atoms with Gasteiger partial charge in [0.05, 0.1) is 17.2 Å². The number of nitrogens with zero attached hydrogens (tertiary/aromatic N) is 2. The topological polar surface area (TPSA) is 42.4 Å². The molecule has 0 spiro atoms. The lowest BCUT2D eigenvalue weighted by atomic mass is 10.1. The van der Waals surface area contributed by atoms with Crippen LogP contribution in [0.3, 0.4) is 0 Å². The number of thiazole rings is 1. The molecule has 1 heterocycles. The fraction of sp³-hybridized carbons (Fsp3) is 0.238. The number of carbonyl (C=O) groups excluding carboxylic acids is 1. The first-order valence-corrected chi connectivity index (χ1v) is 9.61. The molecule has 0 saturated carbocycles. The lowest BCUT2D eigenvalue weighted by molar-refractivity contribution is 0.0730. The first kappa shape index (κ1) is 16.8. The molecular weight excluding hydrogens is 344 g/mol. The highest BCUT2D eigenvalue weighted by atomic mass is 32.1. The molecule has 0 bridgehead atoms. The van der Waals surface area contributed by atoms with Gasteiger partial charge in [-0.1, -0.05) is 30.3 Å². The van der Waals surface area contributed by atoms with Gasteiger partial charge in [-0.2, -0.15) is 0 Å². The van der Waals surface area contributed by atoms with Gasteiger partial charge in [0.15, 0.2) is 0 Å². The molecule has 4 nitrogen and oxygen atoms in total. The highest BCUT2D eigenvalue weighted by molar-refractivity contribution is 7.07. The molecule has 4 rings (SSSR count). The van der Waals surface area contributed by atoms with Gasteiger partial charge in [0.25, 0.3) is 5.91 Å². The predicted octanol–water partition coefficient (Wildman–Crippen LogP) is 4.48. The molecular formula is C21H20N2O2S. The summed E-state index contributed by atoms with van der Waals surface area (Å²) in [4.78, 5) is 19.0. The minimum absolute atomic E-state index is 0.0193. The molecule has 1 aromatic heterocycles. The average molecular weight is 364 g/mol. The van der Waals surface area contributed by atoms with Gasteiger partial charge in [0, 0.05) is 18.0 Å². The molecule has 0 N–H and O–H groups in total. The fourth-order valence-corrected chi connectivity index (χ4v) is 4.01. The fourth-order valence-electron chi connectivity index (χ4n) is 3.47. The van der Waals surface area contributed by atoms with Crippen LogP contribution >= 0.6 is 11.3 Å². The van der Waals surface area contributed by atoms with Crippen LogP contribution in [0.25, 0.3) is 0 Å². The molecule has 3 aromatic rings. The van der Waals surface area contributed by atoms with E-state index in [2.05, 4.69) is 23.2 Å². The Morgan fingerprint density at radius 3 is 3.00 bits per heavy atom. The van der Waals surface area contributed by atoms with Crippen LogP contribution < -0.4 is 4.74 Å². The number of hydrogen-bond acceptors (Lipinski definition) is 4. The van der Waals surface area contributed by atoms with Gasteiger partial charge in [0.2, 0.25) is 0 Å². The Balaban J connectivity index is 1.48. The second-order valence-corrected chi connectivity index (χ2v) is 7.18. The van der Waals surface area contributed by atoms with E-state index in [1.54, 1.807) is 16.8 Å². The molecule has 26 heavy (non-hydrogen) atoms. The zero-order valence-electron chi connectivity index (χ0n) is 14.6. The van der Waals surface area contributed by atoms with Crippen molar-refractivity contribution in [3.05, 3.63) is 81.8 Å². The van der Waals surface area contributed by atoms with E-state index < -0.39 is 0 Å². The molecule has 132 valence electrons. The summed E-state index contributed by atoms with van der Waals surface area (Å²) in [5.41, 5.74) is 5.93. The normalized spacial score (nSPS) is 15.5. The summed E-state index contributed by atoms with van der Waals surface area (Å²) in [6.45, 7) is 0.410. The van der Waals surface area contributed by atoms with Crippen molar-refractivity contribution < 1.29 is 9.53 Å². The Morgan fingerprint density at radius 2 is 2.15 bits per heavy atom. The summed E-state index contributed by atoms with van der Waals surface area (Å²) in [6.07, 6.45) is 2.00. The Bertz CT molecular complexity index is 908. The number of fused-ring (bicyclic) bond motifs is 1. The smallest absolute Gasteiger partial charge is 0.254 e. The van der Waals surface area contributed by atoms with Gasteiger partial charge >= 0.3 is 0 Å². The Hall–Kier alpha value is -2.66. The van der Waals surface area contributed by atoms with Crippen LogP contribution in [-0.4, -0.2) is 22.8 Å². The van der Waals surface area contributed by atoms with E-state index in [4.69, 9.17) is 4.74 Å². The van der Waals surface area contributed by atoms with Crippen molar-refractivity contribution in [2.45, 2.75) is 25.5 Å². The zero-order chi connectivity index (χ0) is 17.9. The standard InChI is InChI=1S/C21H20N2O2S/c1-23(20-10-9-15-5-2-3-8-19(15)20)21(24)16-6-4-7-18(11-16)25-12-17-13-26-14-22-17/h2-8,11,13-14,20H,9-10,12H2,1H3. The molecule has 5 heteroatoms. The highest BCUT2D eigenvalue weighted by Crippen LogP contribution is 2.35. The van der Waals surface area contributed by atoms with Gasteiger partial charge in [-0.3, -0.25) is 4.79 Å². The van der Waals surface area contributed by atoms with Gasteiger partial charge in [0.1, 0.15) is 12.4 Å². The van der Waals surface area contributed by atoms with Crippen LogP contribution in [0.2, 0.25) is 0 Å². The molecule has 1 atom stereocenters. The van der Waals surface area contributed by atoms with Crippen molar-refractivity contribution in [1.29, 1.82) is 0 Å². The first-order valence-electron chi connectivity index (χ1n) is 8.67. The average Bonchev–Trinajstić information content (AvgIpc) is 3.35. The number of ether oxygens (including phenoxy) is 1. The molecule has 2 aromatic carbocycles. The molecule has 1 aliphatic rings. The van der Waals surface area contributed by atoms with Crippen molar-refractivity contribution in [2.24, 2.45) is 0 Å². The van der Waals surface area contributed by atoms with Crippen LogP contribution in [0.1, 0.15) is 39.6 Å². The number of aryl methyl sites for hydroxylation is 1. The van der Waals surface area contributed by atoms with Crippen molar-refractivity contribution in [3.63, 3.8) is 0 Å². The zero-order valence-corrected chi connectivity index (χ0v) is 15.4. The molecule has 1 aliphatic carbocycles. The molecule has 1 unspecified atom stereocenters. The van der Waals surface area contributed by atoms with Gasteiger partial charge < -0.3 is 9.64 Å². The van der Waals surface area contributed by atoms with Crippen LogP contribution in [0.5, 0.6) is 5.75 Å². The second-order valence-electron chi connectivity index (χ2n) is 6.47. The monoisotopic (exact) mass is 364 g/mol. The molecule has 0 radical (unpaired) electrons.